The van der Waals surface area contributed by atoms with Crippen molar-refractivity contribution in [3.8, 4) is 5.75 Å². The highest BCUT2D eigenvalue weighted by Gasteiger charge is 2.23. The Labute approximate surface area is 171 Å². The first-order chi connectivity index (χ1) is 14.3. The van der Waals surface area contributed by atoms with Crippen molar-refractivity contribution in [1.29, 1.82) is 0 Å². The number of hydrogen-bond donors (Lipinski definition) is 1. The summed E-state index contributed by atoms with van der Waals surface area (Å²) in [5.41, 5.74) is 4.04. The lowest BCUT2D eigenvalue weighted by Gasteiger charge is -2.29. The largest absolute Gasteiger partial charge is 0.496 e. The molecule has 0 unspecified atom stereocenters. The maximum absolute atomic E-state index is 13.1. The molecule has 0 spiro atoms. The van der Waals surface area contributed by atoms with E-state index in [1.54, 1.807) is 19.4 Å². The molecule has 1 amide bonds. The first-order valence-corrected chi connectivity index (χ1v) is 9.98. The van der Waals surface area contributed by atoms with Crippen LogP contribution in [0.25, 0.3) is 0 Å². The van der Waals surface area contributed by atoms with E-state index in [1.165, 1.54) is 5.56 Å². The summed E-state index contributed by atoms with van der Waals surface area (Å²) < 4.78 is 5.40. The Balaban J connectivity index is 1.44. The van der Waals surface area contributed by atoms with E-state index in [1.807, 2.05) is 47.4 Å². The van der Waals surface area contributed by atoms with Gasteiger partial charge in [-0.05, 0) is 54.7 Å². The van der Waals surface area contributed by atoms with Gasteiger partial charge in [-0.2, -0.15) is 0 Å². The number of amides is 1. The summed E-state index contributed by atoms with van der Waals surface area (Å²) in [6.45, 7) is 1.45. The minimum Gasteiger partial charge on any atom is -0.496 e. The number of methoxy groups -OCH3 is 1. The highest BCUT2D eigenvalue weighted by Crippen LogP contribution is 2.28. The molecular weight excluding hydrogens is 362 g/mol. The van der Waals surface area contributed by atoms with Gasteiger partial charge in [-0.15, -0.1) is 0 Å². The molecule has 0 saturated heterocycles. The molecule has 0 saturated carbocycles. The molecule has 29 heavy (non-hydrogen) atoms. The molecule has 0 radical (unpaired) electrons. The number of aromatic nitrogens is 1. The number of fused-ring (bicyclic) bond motifs is 1. The highest BCUT2D eigenvalue weighted by atomic mass is 16.5. The Morgan fingerprint density at radius 3 is 2.86 bits per heavy atom. The van der Waals surface area contributed by atoms with Crippen molar-refractivity contribution in [2.75, 3.05) is 30.4 Å². The maximum atomic E-state index is 13.1. The van der Waals surface area contributed by atoms with E-state index in [9.17, 15) is 4.79 Å². The number of para-hydroxylation sites is 2. The van der Waals surface area contributed by atoms with E-state index < -0.39 is 0 Å². The van der Waals surface area contributed by atoms with Crippen LogP contribution in [0.15, 0.2) is 66.9 Å². The number of ether oxygens (including phenoxy) is 1. The average molecular weight is 387 g/mol. The van der Waals surface area contributed by atoms with Crippen molar-refractivity contribution in [3.63, 3.8) is 0 Å². The first-order valence-electron chi connectivity index (χ1n) is 9.98. The lowest BCUT2D eigenvalue weighted by molar-refractivity contribution is 0.0985. The molecule has 0 aliphatic carbocycles. The minimum absolute atomic E-state index is 0.0207. The smallest absolute Gasteiger partial charge is 0.258 e. The van der Waals surface area contributed by atoms with Crippen LogP contribution in [0.4, 0.5) is 11.5 Å². The lowest BCUT2D eigenvalue weighted by atomic mass is 10.0. The van der Waals surface area contributed by atoms with Crippen LogP contribution in [0.2, 0.25) is 0 Å². The number of carbonyl (C=O) groups is 1. The minimum atomic E-state index is 0.0207. The van der Waals surface area contributed by atoms with Gasteiger partial charge in [0.15, 0.2) is 0 Å². The molecule has 1 N–H and O–H groups in total. The second kappa shape index (κ2) is 8.78. The van der Waals surface area contributed by atoms with Gasteiger partial charge >= 0.3 is 0 Å². The molecule has 2 aromatic carbocycles. The molecule has 0 fully saturated rings. The number of hydrogen-bond acceptors (Lipinski definition) is 4. The number of anilines is 2. The zero-order valence-corrected chi connectivity index (χ0v) is 16.6. The van der Waals surface area contributed by atoms with E-state index in [2.05, 4.69) is 22.4 Å². The van der Waals surface area contributed by atoms with Gasteiger partial charge in [0.25, 0.3) is 5.91 Å². The number of nitrogens with zero attached hydrogens (tertiary/aromatic N) is 2. The zero-order chi connectivity index (χ0) is 20.1. The van der Waals surface area contributed by atoms with Crippen molar-refractivity contribution < 1.29 is 9.53 Å². The molecule has 4 rings (SSSR count). The van der Waals surface area contributed by atoms with Crippen LogP contribution in [-0.2, 0) is 12.8 Å². The summed E-state index contributed by atoms with van der Waals surface area (Å²) in [4.78, 5) is 19.4. The van der Waals surface area contributed by atoms with Gasteiger partial charge in [0.05, 0.1) is 7.11 Å². The van der Waals surface area contributed by atoms with Crippen LogP contribution in [0.1, 0.15) is 27.9 Å². The Kier molecular flexibility index (Phi) is 5.75. The second-order valence-electron chi connectivity index (χ2n) is 7.11. The van der Waals surface area contributed by atoms with Crippen molar-refractivity contribution in [2.45, 2.75) is 19.3 Å². The molecule has 0 bridgehead atoms. The molecule has 1 aliphatic heterocycles. The molecule has 3 aromatic rings. The third kappa shape index (κ3) is 4.24. The van der Waals surface area contributed by atoms with Gasteiger partial charge < -0.3 is 15.0 Å². The molecule has 1 aliphatic rings. The number of pyridine rings is 1. The van der Waals surface area contributed by atoms with Gasteiger partial charge in [-0.1, -0.05) is 36.4 Å². The van der Waals surface area contributed by atoms with Crippen molar-refractivity contribution in [1.82, 2.24) is 4.98 Å². The summed E-state index contributed by atoms with van der Waals surface area (Å²) >= 11 is 0. The molecule has 1 aromatic heterocycles. The Hall–Kier alpha value is -3.34. The molecule has 148 valence electrons. The number of nitrogens with one attached hydrogen (secondary N) is 1. The van der Waals surface area contributed by atoms with E-state index in [0.29, 0.717) is 17.9 Å². The number of benzene rings is 2. The third-order valence-electron chi connectivity index (χ3n) is 5.26. The van der Waals surface area contributed by atoms with E-state index in [4.69, 9.17) is 4.74 Å². The Bertz CT molecular complexity index is 1000. The predicted molar refractivity (Wildman–Crippen MR) is 116 cm³/mol. The monoisotopic (exact) mass is 387 g/mol. The number of rotatable bonds is 6. The maximum Gasteiger partial charge on any atom is 0.258 e. The fraction of sp³-hybridized carbons (Fsp3) is 0.250. The zero-order valence-electron chi connectivity index (χ0n) is 16.6. The standard InChI is InChI=1S/C24H25N3O2/c1-29-22-11-5-3-8-19(22)12-14-25-23-17-20(13-15-26-23)24(28)27-16-6-9-18-7-2-4-10-21(18)27/h2-5,7-8,10-11,13,15,17H,6,9,12,14,16H2,1H3,(H,25,26). The predicted octanol–water partition coefficient (Wildman–Crippen LogP) is 4.34. The fourth-order valence-corrected chi connectivity index (χ4v) is 3.80. The molecule has 5 heteroatoms. The van der Waals surface area contributed by atoms with Crippen LogP contribution in [0, 0.1) is 0 Å². The van der Waals surface area contributed by atoms with Gasteiger partial charge in [0.2, 0.25) is 0 Å². The molecule has 2 heterocycles. The average Bonchev–Trinajstić information content (AvgIpc) is 2.79. The van der Waals surface area contributed by atoms with Crippen LogP contribution in [0.5, 0.6) is 5.75 Å². The van der Waals surface area contributed by atoms with Crippen molar-refractivity contribution >= 4 is 17.4 Å². The topological polar surface area (TPSA) is 54.5 Å². The highest BCUT2D eigenvalue weighted by molar-refractivity contribution is 6.07. The lowest BCUT2D eigenvalue weighted by Crippen LogP contribution is -2.35. The molecule has 0 atom stereocenters. The number of aryl methyl sites for hydroxylation is 1. The summed E-state index contributed by atoms with van der Waals surface area (Å²) in [7, 11) is 1.68. The van der Waals surface area contributed by atoms with Crippen molar-refractivity contribution in [2.24, 2.45) is 0 Å². The van der Waals surface area contributed by atoms with Crippen LogP contribution in [0.3, 0.4) is 0 Å². The quantitative estimate of drug-likeness (QED) is 0.684. The van der Waals surface area contributed by atoms with E-state index in [0.717, 1.165) is 42.8 Å². The van der Waals surface area contributed by atoms with Gasteiger partial charge in [-0.25, -0.2) is 4.98 Å². The Morgan fingerprint density at radius 1 is 1.14 bits per heavy atom. The number of carbonyl (C=O) groups excluding carboxylic acids is 1. The summed E-state index contributed by atoms with van der Waals surface area (Å²) in [6.07, 6.45) is 4.50. The third-order valence-corrected chi connectivity index (χ3v) is 5.26. The van der Waals surface area contributed by atoms with E-state index in [-0.39, 0.29) is 5.91 Å². The summed E-state index contributed by atoms with van der Waals surface area (Å²) in [5.74, 6) is 1.61. The Morgan fingerprint density at radius 2 is 1.97 bits per heavy atom. The second-order valence-corrected chi connectivity index (χ2v) is 7.11. The van der Waals surface area contributed by atoms with Crippen LogP contribution < -0.4 is 15.0 Å². The molecular formula is C24H25N3O2. The SMILES string of the molecule is COc1ccccc1CCNc1cc(C(=O)N2CCCc3ccccc32)ccn1. The van der Waals surface area contributed by atoms with Crippen molar-refractivity contribution in [3.05, 3.63) is 83.6 Å². The van der Waals surface area contributed by atoms with Gasteiger partial charge in [0, 0.05) is 30.5 Å². The summed E-state index contributed by atoms with van der Waals surface area (Å²) in [5, 5.41) is 3.32. The van der Waals surface area contributed by atoms with E-state index >= 15 is 0 Å². The first kappa shape index (κ1) is 19.0. The fourth-order valence-electron chi connectivity index (χ4n) is 3.80. The van der Waals surface area contributed by atoms with Gasteiger partial charge in [0.1, 0.15) is 11.6 Å². The van der Waals surface area contributed by atoms with Gasteiger partial charge in [-0.3, -0.25) is 4.79 Å². The van der Waals surface area contributed by atoms with Crippen LogP contribution >= 0.6 is 0 Å². The normalized spacial score (nSPS) is 12.9. The molecule has 5 nitrogen and oxygen atoms in total. The summed E-state index contributed by atoms with van der Waals surface area (Å²) in [6, 6.07) is 19.8. The van der Waals surface area contributed by atoms with Crippen LogP contribution in [-0.4, -0.2) is 31.1 Å².